The van der Waals surface area contributed by atoms with Crippen molar-refractivity contribution < 1.29 is 29.3 Å². The normalized spacial score (nSPS) is 16.6. The Hall–Kier alpha value is -3.16. The zero-order valence-corrected chi connectivity index (χ0v) is 27.4. The topological polar surface area (TPSA) is 144 Å². The number of carboxylic acid groups (broad SMARTS) is 1. The highest BCUT2D eigenvalue weighted by molar-refractivity contribution is 14.1. The summed E-state index contributed by atoms with van der Waals surface area (Å²) in [6, 6.07) is 12.2. The molecule has 1 saturated heterocycles. The molecule has 2 amide bonds. The number of nitrogens with zero attached hydrogens (tertiary/aromatic N) is 1. The summed E-state index contributed by atoms with van der Waals surface area (Å²) in [4.78, 5) is 41.4. The minimum Gasteiger partial charge on any atom is -0.480 e. The number of aromatic nitrogens is 1. The Balaban J connectivity index is 1.62. The van der Waals surface area contributed by atoms with Gasteiger partial charge in [-0.2, -0.15) is 0 Å². The molecule has 0 saturated carbocycles. The smallest absolute Gasteiger partial charge is 0.408 e. The summed E-state index contributed by atoms with van der Waals surface area (Å²) in [5, 5.41) is 24.4. The summed E-state index contributed by atoms with van der Waals surface area (Å²) < 4.78 is 6.49. The van der Waals surface area contributed by atoms with Crippen LogP contribution in [0.3, 0.4) is 0 Å². The molecular formula is C32H41IN4O6. The fourth-order valence-corrected chi connectivity index (χ4v) is 5.95. The van der Waals surface area contributed by atoms with E-state index in [0.717, 1.165) is 43.3 Å². The van der Waals surface area contributed by atoms with E-state index in [0.29, 0.717) is 19.4 Å². The lowest BCUT2D eigenvalue weighted by Crippen LogP contribution is -2.60. The summed E-state index contributed by atoms with van der Waals surface area (Å²) in [5.74, 6) is -1.46. The summed E-state index contributed by atoms with van der Waals surface area (Å²) in [7, 11) is 0. The lowest BCUT2D eigenvalue weighted by Gasteiger charge is -2.34. The van der Waals surface area contributed by atoms with Gasteiger partial charge in [0.05, 0.1) is 3.70 Å². The predicted molar refractivity (Wildman–Crippen MR) is 173 cm³/mol. The summed E-state index contributed by atoms with van der Waals surface area (Å²) in [6.07, 6.45) is 1.12. The zero-order valence-electron chi connectivity index (χ0n) is 25.3. The minimum absolute atomic E-state index is 0.0820. The second-order valence-corrected chi connectivity index (χ2v) is 14.0. The number of hydrogen-bond donors (Lipinski definition) is 5. The van der Waals surface area contributed by atoms with Crippen molar-refractivity contribution in [1.82, 2.24) is 20.7 Å². The number of aromatic amines is 1. The van der Waals surface area contributed by atoms with Gasteiger partial charge < -0.3 is 25.3 Å². The summed E-state index contributed by atoms with van der Waals surface area (Å²) >= 11 is 2.31. The average molecular weight is 705 g/mol. The van der Waals surface area contributed by atoms with Gasteiger partial charge >= 0.3 is 12.1 Å². The maximum absolute atomic E-state index is 13.6. The molecule has 3 aromatic rings. The van der Waals surface area contributed by atoms with Crippen molar-refractivity contribution in [2.45, 2.75) is 78.0 Å². The molecule has 4 rings (SSSR count). The highest BCUT2D eigenvalue weighted by atomic mass is 127. The van der Waals surface area contributed by atoms with Gasteiger partial charge in [0.1, 0.15) is 17.7 Å². The molecule has 0 spiro atoms. The highest BCUT2D eigenvalue weighted by Crippen LogP contribution is 2.33. The van der Waals surface area contributed by atoms with Crippen molar-refractivity contribution in [2.24, 2.45) is 5.41 Å². The largest absolute Gasteiger partial charge is 0.480 e. The van der Waals surface area contributed by atoms with Gasteiger partial charge in [-0.25, -0.2) is 10.2 Å². The van der Waals surface area contributed by atoms with Crippen LogP contribution < -0.4 is 10.7 Å². The van der Waals surface area contributed by atoms with Gasteiger partial charge in [-0.15, -0.1) is 0 Å². The van der Waals surface area contributed by atoms with Crippen molar-refractivity contribution >= 4 is 51.5 Å². The maximum Gasteiger partial charge on any atom is 0.408 e. The molecule has 1 fully saturated rings. The van der Waals surface area contributed by atoms with E-state index in [-0.39, 0.29) is 18.4 Å². The number of carbonyl (C=O) groups is 3. The van der Waals surface area contributed by atoms with Crippen LogP contribution >= 0.6 is 22.6 Å². The van der Waals surface area contributed by atoms with Gasteiger partial charge in [0.2, 0.25) is 0 Å². The van der Waals surface area contributed by atoms with Gasteiger partial charge in [-0.3, -0.25) is 14.6 Å². The van der Waals surface area contributed by atoms with Crippen molar-refractivity contribution in [3.8, 4) is 11.1 Å². The monoisotopic (exact) mass is 704 g/mol. The van der Waals surface area contributed by atoms with Crippen LogP contribution in [0.15, 0.2) is 42.5 Å². The molecule has 2 atom stereocenters. The highest BCUT2D eigenvalue weighted by Gasteiger charge is 2.33. The molecule has 5 N–H and O–H groups in total. The second-order valence-electron chi connectivity index (χ2n) is 12.9. The van der Waals surface area contributed by atoms with E-state index >= 15 is 0 Å². The van der Waals surface area contributed by atoms with Crippen molar-refractivity contribution in [2.75, 3.05) is 13.2 Å². The molecule has 10 nitrogen and oxygen atoms in total. The van der Waals surface area contributed by atoms with E-state index in [1.54, 1.807) is 20.8 Å². The average Bonchev–Trinajstić information content (AvgIpc) is 3.24. The Morgan fingerprint density at radius 2 is 1.84 bits per heavy atom. The first-order chi connectivity index (χ1) is 20.2. The number of aliphatic hydroxyl groups is 1. The minimum atomic E-state index is -1.03. The van der Waals surface area contributed by atoms with Crippen molar-refractivity contribution in [3.05, 3.63) is 57.3 Å². The number of aliphatic hydroxyl groups excluding tert-OH is 1. The molecule has 1 aliphatic heterocycles. The predicted octanol–water partition coefficient (Wildman–Crippen LogP) is 5.02. The lowest BCUT2D eigenvalue weighted by atomic mass is 9.86. The Kier molecular flexibility index (Phi) is 10.1. The molecule has 1 aliphatic rings. The van der Waals surface area contributed by atoms with Gasteiger partial charge in [-0.05, 0) is 102 Å². The molecule has 0 radical (unpaired) electrons. The van der Waals surface area contributed by atoms with Crippen molar-refractivity contribution in [1.29, 1.82) is 0 Å². The van der Waals surface area contributed by atoms with Gasteiger partial charge in [0.25, 0.3) is 5.91 Å². The number of nitrogens with one attached hydrogen (secondary N) is 3. The SMILES string of the molecule is CC(C)(CO)Cc1c(I)[nH]c2ccc(-c3cccc(CC(NC(=O)OC(C)(C)C)C(=O)N4CCC[C@@H](C(=O)O)N4)c3)cc12. The van der Waals surface area contributed by atoms with E-state index < -0.39 is 35.7 Å². The number of rotatable bonds is 9. The quantitative estimate of drug-likeness (QED) is 0.197. The number of amides is 2. The van der Waals surface area contributed by atoms with Crippen LogP contribution in [0.4, 0.5) is 4.79 Å². The van der Waals surface area contributed by atoms with Crippen LogP contribution in [0, 0.1) is 9.12 Å². The molecule has 2 heterocycles. The number of hydrogen-bond acceptors (Lipinski definition) is 6. The van der Waals surface area contributed by atoms with E-state index in [4.69, 9.17) is 4.74 Å². The number of hydrazine groups is 1. The van der Waals surface area contributed by atoms with Gasteiger partial charge in [-0.1, -0.05) is 44.2 Å². The first-order valence-electron chi connectivity index (χ1n) is 14.5. The Bertz CT molecular complexity index is 1490. The zero-order chi connectivity index (χ0) is 31.5. The van der Waals surface area contributed by atoms with Crippen LogP contribution in [-0.4, -0.2) is 69.0 Å². The second kappa shape index (κ2) is 13.2. The molecule has 232 valence electrons. The standard InChI is InChI=1S/C32H41IN4O6/c1-31(2,3)43-30(42)35-26(28(39)37-13-7-10-25(36-37)29(40)41)15-19-8-6-9-20(14-19)21-11-12-24-22(16-21)23(27(33)34-24)17-32(4,5)18-38/h6,8-9,11-12,14,16,25-26,34,36,38H,7,10,13,15,17-18H2,1-5H3,(H,35,42)(H,40,41)/t25-,26?/m0/s1. The van der Waals surface area contributed by atoms with Gasteiger partial charge in [0, 0.05) is 30.5 Å². The number of H-pyrrole nitrogens is 1. The number of benzene rings is 2. The first-order valence-corrected chi connectivity index (χ1v) is 15.5. The van der Waals surface area contributed by atoms with Gasteiger partial charge in [0.15, 0.2) is 0 Å². The molecule has 0 aliphatic carbocycles. The molecule has 1 aromatic heterocycles. The van der Waals surface area contributed by atoms with E-state index in [1.165, 1.54) is 5.01 Å². The number of carboxylic acids is 1. The Morgan fingerprint density at radius 1 is 1.12 bits per heavy atom. The number of aliphatic carboxylic acids is 1. The Morgan fingerprint density at radius 3 is 2.51 bits per heavy atom. The third-order valence-electron chi connectivity index (χ3n) is 7.38. The van der Waals surface area contributed by atoms with E-state index in [9.17, 15) is 24.6 Å². The summed E-state index contributed by atoms with van der Waals surface area (Å²) in [6.45, 7) is 9.73. The van der Waals surface area contributed by atoms with Crippen LogP contribution in [-0.2, 0) is 27.2 Å². The third kappa shape index (κ3) is 8.48. The van der Waals surface area contributed by atoms with Crippen LogP contribution in [0.2, 0.25) is 0 Å². The molecule has 0 bridgehead atoms. The van der Waals surface area contributed by atoms with E-state index in [1.807, 2.05) is 50.2 Å². The fraction of sp³-hybridized carbons (Fsp3) is 0.469. The molecule has 43 heavy (non-hydrogen) atoms. The molecule has 11 heteroatoms. The van der Waals surface area contributed by atoms with E-state index in [2.05, 4.69) is 44.4 Å². The van der Waals surface area contributed by atoms with Crippen LogP contribution in [0.5, 0.6) is 0 Å². The number of alkyl carbamates (subject to hydrolysis) is 1. The fourth-order valence-electron chi connectivity index (χ4n) is 5.18. The molecule has 1 unspecified atom stereocenters. The number of ether oxygens (including phenoxy) is 1. The summed E-state index contributed by atoms with van der Waals surface area (Å²) in [5.41, 5.74) is 6.73. The third-order valence-corrected chi connectivity index (χ3v) is 8.30. The lowest BCUT2D eigenvalue weighted by molar-refractivity contribution is -0.147. The van der Waals surface area contributed by atoms with Crippen molar-refractivity contribution in [3.63, 3.8) is 0 Å². The van der Waals surface area contributed by atoms with Crippen LogP contribution in [0.25, 0.3) is 22.0 Å². The molecular weight excluding hydrogens is 663 g/mol. The van der Waals surface area contributed by atoms with Crippen LogP contribution in [0.1, 0.15) is 58.6 Å². The number of halogens is 1. The maximum atomic E-state index is 13.6. The molecule has 2 aromatic carbocycles. The number of fused-ring (bicyclic) bond motifs is 1. The first kappa shape index (κ1) is 32.7. The Labute approximate surface area is 265 Å². The number of carbonyl (C=O) groups excluding carboxylic acids is 2.